The van der Waals surface area contributed by atoms with Crippen LogP contribution < -0.4 is 0 Å². The Balaban J connectivity index is 1.70. The highest BCUT2D eigenvalue weighted by Gasteiger charge is 2.14. The molecule has 0 aliphatic rings. The highest BCUT2D eigenvalue weighted by molar-refractivity contribution is 7.98. The van der Waals surface area contributed by atoms with Gasteiger partial charge in [0, 0.05) is 25.2 Å². The molecule has 0 spiro atoms. The molecular formula is C13H12ClN5OS. The molecule has 0 fully saturated rings. The highest BCUT2D eigenvalue weighted by atomic mass is 35.5. The molecule has 0 bridgehead atoms. The maximum Gasteiger partial charge on any atom is 0.277 e. The van der Waals surface area contributed by atoms with Crippen molar-refractivity contribution in [3.63, 3.8) is 0 Å². The van der Waals surface area contributed by atoms with Gasteiger partial charge in [-0.1, -0.05) is 29.4 Å². The summed E-state index contributed by atoms with van der Waals surface area (Å²) in [5, 5.41) is 13.4. The van der Waals surface area contributed by atoms with Crippen molar-refractivity contribution in [2.75, 3.05) is 0 Å². The molecule has 0 aliphatic carbocycles. The summed E-state index contributed by atoms with van der Waals surface area (Å²) >= 11 is 7.21. The second-order valence-electron chi connectivity index (χ2n) is 4.45. The van der Waals surface area contributed by atoms with Gasteiger partial charge in [0.1, 0.15) is 5.15 Å². The van der Waals surface area contributed by atoms with Crippen molar-refractivity contribution < 1.29 is 4.42 Å². The molecule has 0 aromatic carbocycles. The lowest BCUT2D eigenvalue weighted by Gasteiger charge is -1.97. The van der Waals surface area contributed by atoms with Gasteiger partial charge in [-0.25, -0.2) is 4.98 Å². The molecule has 0 aliphatic heterocycles. The first kappa shape index (κ1) is 14.1. The predicted octanol–water partition coefficient (Wildman–Crippen LogP) is 3.12. The van der Waals surface area contributed by atoms with E-state index < -0.39 is 0 Å². The van der Waals surface area contributed by atoms with Crippen LogP contribution >= 0.6 is 23.4 Å². The molecule has 3 aromatic heterocycles. The molecule has 0 unspecified atom stereocenters. The van der Waals surface area contributed by atoms with Crippen LogP contribution in [0.1, 0.15) is 11.3 Å². The third-order valence-electron chi connectivity index (χ3n) is 2.80. The fourth-order valence-corrected chi connectivity index (χ4v) is 2.63. The standard InChI is InChI=1S/C13H12ClN5OS/c1-8-10(6-19(2)18-8)12-16-17-13(20-12)21-7-9-3-4-11(14)15-5-9/h3-6H,7H2,1-2H3. The first-order chi connectivity index (χ1) is 10.1. The number of hydrogen-bond acceptors (Lipinski definition) is 6. The topological polar surface area (TPSA) is 69.6 Å². The maximum absolute atomic E-state index is 5.75. The zero-order valence-electron chi connectivity index (χ0n) is 11.4. The van der Waals surface area contributed by atoms with Gasteiger partial charge < -0.3 is 4.42 Å². The summed E-state index contributed by atoms with van der Waals surface area (Å²) in [5.74, 6) is 1.18. The third-order valence-corrected chi connectivity index (χ3v) is 3.91. The van der Waals surface area contributed by atoms with Gasteiger partial charge in [-0.2, -0.15) is 5.10 Å². The minimum Gasteiger partial charge on any atom is -0.411 e. The van der Waals surface area contributed by atoms with E-state index in [0.29, 0.717) is 22.0 Å². The van der Waals surface area contributed by atoms with Crippen molar-refractivity contribution in [3.8, 4) is 11.5 Å². The molecule has 21 heavy (non-hydrogen) atoms. The van der Waals surface area contributed by atoms with Crippen LogP contribution in [-0.2, 0) is 12.8 Å². The van der Waals surface area contributed by atoms with Crippen LogP contribution in [0.4, 0.5) is 0 Å². The Morgan fingerprint density at radius 1 is 1.33 bits per heavy atom. The molecule has 3 rings (SSSR count). The van der Waals surface area contributed by atoms with Crippen molar-refractivity contribution in [2.24, 2.45) is 7.05 Å². The lowest BCUT2D eigenvalue weighted by Crippen LogP contribution is -1.86. The second kappa shape index (κ2) is 5.87. The van der Waals surface area contributed by atoms with Gasteiger partial charge in [0.05, 0.1) is 11.3 Å². The highest BCUT2D eigenvalue weighted by Crippen LogP contribution is 2.26. The summed E-state index contributed by atoms with van der Waals surface area (Å²) in [6, 6.07) is 3.68. The molecule has 3 heterocycles. The van der Waals surface area contributed by atoms with Crippen molar-refractivity contribution in [3.05, 3.63) is 40.9 Å². The second-order valence-corrected chi connectivity index (χ2v) is 5.77. The third kappa shape index (κ3) is 3.25. The summed E-state index contributed by atoms with van der Waals surface area (Å²) in [7, 11) is 1.86. The zero-order chi connectivity index (χ0) is 14.8. The first-order valence-electron chi connectivity index (χ1n) is 6.19. The van der Waals surface area contributed by atoms with Gasteiger partial charge in [0.15, 0.2) is 0 Å². The van der Waals surface area contributed by atoms with E-state index in [1.54, 1.807) is 16.9 Å². The Morgan fingerprint density at radius 2 is 2.19 bits per heavy atom. The fourth-order valence-electron chi connectivity index (χ4n) is 1.82. The molecule has 0 saturated heterocycles. The van der Waals surface area contributed by atoms with E-state index in [-0.39, 0.29) is 0 Å². The quantitative estimate of drug-likeness (QED) is 0.543. The summed E-state index contributed by atoms with van der Waals surface area (Å²) in [6.45, 7) is 1.91. The van der Waals surface area contributed by atoms with Crippen LogP contribution in [0.25, 0.3) is 11.5 Å². The van der Waals surface area contributed by atoms with E-state index in [1.807, 2.05) is 26.2 Å². The molecule has 8 heteroatoms. The molecule has 0 N–H and O–H groups in total. The van der Waals surface area contributed by atoms with E-state index in [0.717, 1.165) is 16.8 Å². The normalized spacial score (nSPS) is 11.0. The van der Waals surface area contributed by atoms with E-state index in [9.17, 15) is 0 Å². The van der Waals surface area contributed by atoms with E-state index in [1.165, 1.54) is 11.8 Å². The molecule has 0 amide bonds. The Labute approximate surface area is 130 Å². The summed E-state index contributed by atoms with van der Waals surface area (Å²) < 4.78 is 7.37. The van der Waals surface area contributed by atoms with Gasteiger partial charge in [0.25, 0.3) is 11.1 Å². The van der Waals surface area contributed by atoms with E-state index >= 15 is 0 Å². The zero-order valence-corrected chi connectivity index (χ0v) is 13.0. The number of aryl methyl sites for hydroxylation is 2. The lowest BCUT2D eigenvalue weighted by molar-refractivity contribution is 0.465. The number of nitrogens with zero attached hydrogens (tertiary/aromatic N) is 5. The van der Waals surface area contributed by atoms with Gasteiger partial charge in [0.2, 0.25) is 0 Å². The number of pyridine rings is 1. The van der Waals surface area contributed by atoms with Crippen LogP contribution in [0.3, 0.4) is 0 Å². The van der Waals surface area contributed by atoms with Gasteiger partial charge in [-0.15, -0.1) is 10.2 Å². The van der Waals surface area contributed by atoms with Crippen molar-refractivity contribution in [2.45, 2.75) is 17.9 Å². The molecule has 0 radical (unpaired) electrons. The average molecular weight is 322 g/mol. The van der Waals surface area contributed by atoms with E-state index in [4.69, 9.17) is 16.0 Å². The molecule has 0 saturated carbocycles. The molecule has 0 atom stereocenters. The Kier molecular flexibility index (Phi) is 3.94. The number of rotatable bonds is 4. The smallest absolute Gasteiger partial charge is 0.277 e. The number of hydrogen-bond donors (Lipinski definition) is 0. The summed E-state index contributed by atoms with van der Waals surface area (Å²) in [6.07, 6.45) is 3.60. The van der Waals surface area contributed by atoms with Crippen molar-refractivity contribution in [1.29, 1.82) is 0 Å². The number of aromatic nitrogens is 5. The first-order valence-corrected chi connectivity index (χ1v) is 7.55. The number of thioether (sulfide) groups is 1. The summed E-state index contributed by atoms with van der Waals surface area (Å²) in [4.78, 5) is 4.03. The van der Waals surface area contributed by atoms with Crippen LogP contribution in [-0.4, -0.2) is 25.0 Å². The minimum absolute atomic E-state index is 0.482. The largest absolute Gasteiger partial charge is 0.411 e. The predicted molar refractivity (Wildman–Crippen MR) is 80.0 cm³/mol. The Bertz CT molecular complexity index is 752. The van der Waals surface area contributed by atoms with Gasteiger partial charge in [-0.3, -0.25) is 4.68 Å². The Hall–Kier alpha value is -1.86. The molecular weight excluding hydrogens is 310 g/mol. The lowest BCUT2D eigenvalue weighted by atomic mass is 10.3. The van der Waals surface area contributed by atoms with Gasteiger partial charge in [-0.05, 0) is 18.6 Å². The number of halogens is 1. The fraction of sp³-hybridized carbons (Fsp3) is 0.231. The minimum atomic E-state index is 0.482. The van der Waals surface area contributed by atoms with Crippen LogP contribution in [0.2, 0.25) is 5.15 Å². The molecule has 3 aromatic rings. The SMILES string of the molecule is Cc1nn(C)cc1-c1nnc(SCc2ccc(Cl)nc2)o1. The maximum atomic E-state index is 5.75. The van der Waals surface area contributed by atoms with Crippen LogP contribution in [0, 0.1) is 6.92 Å². The monoisotopic (exact) mass is 321 g/mol. The molecule has 108 valence electrons. The molecule has 6 nitrogen and oxygen atoms in total. The summed E-state index contributed by atoms with van der Waals surface area (Å²) in [5.41, 5.74) is 2.76. The van der Waals surface area contributed by atoms with E-state index in [2.05, 4.69) is 20.3 Å². The average Bonchev–Trinajstić information content (AvgIpc) is 3.04. The van der Waals surface area contributed by atoms with Crippen molar-refractivity contribution >= 4 is 23.4 Å². The van der Waals surface area contributed by atoms with Gasteiger partial charge >= 0.3 is 0 Å². The Morgan fingerprint density at radius 3 is 2.86 bits per heavy atom. The van der Waals surface area contributed by atoms with Crippen LogP contribution in [0.5, 0.6) is 0 Å². The van der Waals surface area contributed by atoms with Crippen molar-refractivity contribution in [1.82, 2.24) is 25.0 Å². The van der Waals surface area contributed by atoms with Crippen LogP contribution in [0.15, 0.2) is 34.2 Å².